The molecule has 3 N–H and O–H groups in total. The molecule has 2 atom stereocenters. The van der Waals surface area contributed by atoms with Gasteiger partial charge in [-0.25, -0.2) is 0 Å². The van der Waals surface area contributed by atoms with Gasteiger partial charge in [0, 0.05) is 17.2 Å². The lowest BCUT2D eigenvalue weighted by atomic mass is 9.91. The van der Waals surface area contributed by atoms with Crippen molar-refractivity contribution in [2.45, 2.75) is 43.6 Å². The minimum absolute atomic E-state index is 0.0724. The highest BCUT2D eigenvalue weighted by Gasteiger charge is 2.19. The fourth-order valence-electron chi connectivity index (χ4n) is 2.54. The molecule has 18 heavy (non-hydrogen) atoms. The van der Waals surface area contributed by atoms with Gasteiger partial charge in [0.15, 0.2) is 0 Å². The first kappa shape index (κ1) is 13.4. The summed E-state index contributed by atoms with van der Waals surface area (Å²) < 4.78 is 0. The zero-order valence-electron chi connectivity index (χ0n) is 10.9. The summed E-state index contributed by atoms with van der Waals surface area (Å²) in [5, 5.41) is 8.30. The predicted molar refractivity (Wildman–Crippen MR) is 78.0 cm³/mol. The monoisotopic (exact) mass is 263 g/mol. The molecule has 1 saturated carbocycles. The molecule has 4 heteroatoms. The molecule has 1 aromatic heterocycles. The highest BCUT2D eigenvalue weighted by molar-refractivity contribution is 7.99. The van der Waals surface area contributed by atoms with E-state index in [-0.39, 0.29) is 5.84 Å². The van der Waals surface area contributed by atoms with Crippen molar-refractivity contribution >= 4 is 17.6 Å². The fourth-order valence-corrected chi connectivity index (χ4v) is 3.98. The SMILES string of the molecule is CC1CCCC(SCc2cccnc2C(=N)N)C1. The first-order valence-electron chi connectivity index (χ1n) is 6.56. The predicted octanol–water partition coefficient (Wildman–Crippen LogP) is 3.18. The summed E-state index contributed by atoms with van der Waals surface area (Å²) in [4.78, 5) is 4.19. The number of nitrogens with zero attached hydrogens (tertiary/aromatic N) is 1. The van der Waals surface area contributed by atoms with Crippen LogP contribution < -0.4 is 5.73 Å². The van der Waals surface area contributed by atoms with E-state index in [4.69, 9.17) is 11.1 Å². The number of hydrogen-bond donors (Lipinski definition) is 2. The van der Waals surface area contributed by atoms with Crippen molar-refractivity contribution in [3.05, 3.63) is 29.6 Å². The topological polar surface area (TPSA) is 62.8 Å². The highest BCUT2D eigenvalue weighted by atomic mass is 32.2. The van der Waals surface area contributed by atoms with E-state index in [1.165, 1.54) is 25.7 Å². The van der Waals surface area contributed by atoms with Crippen molar-refractivity contribution < 1.29 is 0 Å². The maximum atomic E-state index is 7.54. The summed E-state index contributed by atoms with van der Waals surface area (Å²) in [6, 6.07) is 3.95. The van der Waals surface area contributed by atoms with E-state index < -0.39 is 0 Å². The Morgan fingerprint density at radius 1 is 1.56 bits per heavy atom. The van der Waals surface area contributed by atoms with E-state index >= 15 is 0 Å². The van der Waals surface area contributed by atoms with E-state index in [9.17, 15) is 0 Å². The molecule has 0 aromatic carbocycles. The Bertz CT molecular complexity index is 419. The van der Waals surface area contributed by atoms with Gasteiger partial charge in [-0.2, -0.15) is 11.8 Å². The van der Waals surface area contributed by atoms with Crippen LogP contribution in [0.1, 0.15) is 43.9 Å². The van der Waals surface area contributed by atoms with Crippen LogP contribution in [0.2, 0.25) is 0 Å². The molecule has 0 aliphatic heterocycles. The molecular weight excluding hydrogens is 242 g/mol. The Kier molecular flexibility index (Phi) is 4.64. The van der Waals surface area contributed by atoms with Gasteiger partial charge in [-0.15, -0.1) is 0 Å². The quantitative estimate of drug-likeness (QED) is 0.648. The Morgan fingerprint density at radius 2 is 2.39 bits per heavy atom. The summed E-state index contributed by atoms with van der Waals surface area (Å²) in [5.41, 5.74) is 7.29. The third-order valence-corrected chi connectivity index (χ3v) is 4.89. The van der Waals surface area contributed by atoms with Gasteiger partial charge in [-0.3, -0.25) is 10.4 Å². The van der Waals surface area contributed by atoms with Crippen molar-refractivity contribution in [1.82, 2.24) is 4.98 Å². The van der Waals surface area contributed by atoms with Crippen LogP contribution in [0.15, 0.2) is 18.3 Å². The molecule has 0 amide bonds. The van der Waals surface area contributed by atoms with Crippen molar-refractivity contribution in [1.29, 1.82) is 5.41 Å². The van der Waals surface area contributed by atoms with Gasteiger partial charge in [0.2, 0.25) is 0 Å². The zero-order valence-corrected chi connectivity index (χ0v) is 11.7. The first-order valence-corrected chi connectivity index (χ1v) is 7.61. The number of nitrogens with two attached hydrogens (primary N) is 1. The van der Waals surface area contributed by atoms with Crippen LogP contribution >= 0.6 is 11.8 Å². The van der Waals surface area contributed by atoms with Gasteiger partial charge in [0.05, 0.1) is 0 Å². The minimum atomic E-state index is 0.0724. The van der Waals surface area contributed by atoms with E-state index in [1.807, 2.05) is 23.9 Å². The molecule has 0 radical (unpaired) electrons. The van der Waals surface area contributed by atoms with Crippen LogP contribution in [-0.4, -0.2) is 16.1 Å². The van der Waals surface area contributed by atoms with Crippen molar-refractivity contribution in [2.75, 3.05) is 0 Å². The number of pyridine rings is 1. The number of nitrogens with one attached hydrogen (secondary N) is 1. The molecule has 1 fully saturated rings. The van der Waals surface area contributed by atoms with Crippen molar-refractivity contribution in [3.8, 4) is 0 Å². The number of aromatic nitrogens is 1. The van der Waals surface area contributed by atoms with Crippen molar-refractivity contribution in [3.63, 3.8) is 0 Å². The Labute approximate surface area is 113 Å². The third kappa shape index (κ3) is 3.48. The molecule has 2 unspecified atom stereocenters. The van der Waals surface area contributed by atoms with E-state index in [1.54, 1.807) is 6.20 Å². The molecule has 0 saturated heterocycles. The molecule has 98 valence electrons. The second-order valence-corrected chi connectivity index (χ2v) is 6.42. The maximum absolute atomic E-state index is 7.54. The van der Waals surface area contributed by atoms with Crippen LogP contribution in [0.5, 0.6) is 0 Å². The summed E-state index contributed by atoms with van der Waals surface area (Å²) in [6.45, 7) is 2.35. The van der Waals surface area contributed by atoms with E-state index in [2.05, 4.69) is 11.9 Å². The number of nitrogen functional groups attached to an aromatic ring is 1. The van der Waals surface area contributed by atoms with Gasteiger partial charge in [-0.05, 0) is 30.4 Å². The van der Waals surface area contributed by atoms with Crippen LogP contribution in [-0.2, 0) is 5.75 Å². The summed E-state index contributed by atoms with van der Waals surface area (Å²) >= 11 is 1.99. The van der Waals surface area contributed by atoms with Crippen LogP contribution in [0.3, 0.4) is 0 Å². The number of amidine groups is 1. The molecule has 1 heterocycles. The van der Waals surface area contributed by atoms with Gasteiger partial charge in [0.25, 0.3) is 0 Å². The summed E-state index contributed by atoms with van der Waals surface area (Å²) in [7, 11) is 0. The van der Waals surface area contributed by atoms with Crippen molar-refractivity contribution in [2.24, 2.45) is 11.7 Å². The lowest BCUT2D eigenvalue weighted by Gasteiger charge is -2.26. The molecule has 1 aromatic rings. The smallest absolute Gasteiger partial charge is 0.142 e. The minimum Gasteiger partial charge on any atom is -0.382 e. The summed E-state index contributed by atoms with van der Waals surface area (Å²) in [5.74, 6) is 1.85. The van der Waals surface area contributed by atoms with Gasteiger partial charge in [0.1, 0.15) is 11.5 Å². The Hall–Kier alpha value is -1.03. The fraction of sp³-hybridized carbons (Fsp3) is 0.571. The van der Waals surface area contributed by atoms with Crippen LogP contribution in [0, 0.1) is 11.3 Å². The number of hydrogen-bond acceptors (Lipinski definition) is 3. The molecule has 0 bridgehead atoms. The number of thioether (sulfide) groups is 1. The van der Waals surface area contributed by atoms with Crippen LogP contribution in [0.4, 0.5) is 0 Å². The average molecular weight is 263 g/mol. The maximum Gasteiger partial charge on any atom is 0.142 e. The molecular formula is C14H21N3S. The first-order chi connectivity index (χ1) is 8.66. The summed E-state index contributed by atoms with van der Waals surface area (Å²) in [6.07, 6.45) is 7.08. The molecule has 2 rings (SSSR count). The average Bonchev–Trinajstić information content (AvgIpc) is 2.37. The second kappa shape index (κ2) is 6.23. The molecule has 1 aliphatic carbocycles. The third-order valence-electron chi connectivity index (χ3n) is 3.51. The van der Waals surface area contributed by atoms with E-state index in [0.717, 1.165) is 22.5 Å². The second-order valence-electron chi connectivity index (χ2n) is 5.13. The molecule has 3 nitrogen and oxygen atoms in total. The standard InChI is InChI=1S/C14H21N3S/c1-10-4-2-6-12(8-10)18-9-11-5-3-7-17-13(11)14(15)16/h3,5,7,10,12H,2,4,6,8-9H2,1H3,(H3,15,16). The Balaban J connectivity index is 1.95. The lowest BCUT2D eigenvalue weighted by Crippen LogP contribution is -2.17. The number of rotatable bonds is 4. The lowest BCUT2D eigenvalue weighted by molar-refractivity contribution is 0.394. The van der Waals surface area contributed by atoms with Crippen LogP contribution in [0.25, 0.3) is 0 Å². The van der Waals surface area contributed by atoms with E-state index in [0.29, 0.717) is 5.69 Å². The highest BCUT2D eigenvalue weighted by Crippen LogP contribution is 2.33. The van der Waals surface area contributed by atoms with Gasteiger partial charge < -0.3 is 5.73 Å². The van der Waals surface area contributed by atoms with Gasteiger partial charge >= 0.3 is 0 Å². The molecule has 0 spiro atoms. The van der Waals surface area contributed by atoms with Gasteiger partial charge in [-0.1, -0.05) is 25.8 Å². The Morgan fingerprint density at radius 3 is 3.11 bits per heavy atom. The largest absolute Gasteiger partial charge is 0.382 e. The normalized spacial score (nSPS) is 23.8. The molecule has 1 aliphatic rings. The zero-order chi connectivity index (χ0) is 13.0.